The lowest BCUT2D eigenvalue weighted by atomic mass is 10.2. The van der Waals surface area contributed by atoms with Crippen LogP contribution in [0.25, 0.3) is 5.52 Å². The van der Waals surface area contributed by atoms with E-state index in [1.165, 1.54) is 18.3 Å². The van der Waals surface area contributed by atoms with Crippen molar-refractivity contribution in [3.8, 4) is 5.75 Å². The molecule has 1 amide bonds. The van der Waals surface area contributed by atoms with Crippen LogP contribution in [-0.2, 0) is 11.3 Å². The summed E-state index contributed by atoms with van der Waals surface area (Å²) in [5, 5.41) is 7.05. The van der Waals surface area contributed by atoms with Crippen LogP contribution < -0.4 is 10.1 Å². The summed E-state index contributed by atoms with van der Waals surface area (Å²) in [6.07, 6.45) is 4.50. The summed E-state index contributed by atoms with van der Waals surface area (Å²) in [6, 6.07) is 6.02. The predicted molar refractivity (Wildman–Crippen MR) is 100 cm³/mol. The van der Waals surface area contributed by atoms with Crippen LogP contribution in [-0.4, -0.2) is 44.1 Å². The van der Waals surface area contributed by atoms with Crippen LogP contribution in [0.3, 0.4) is 0 Å². The minimum atomic E-state index is -0.524. The van der Waals surface area contributed by atoms with Gasteiger partial charge in [-0.05, 0) is 25.1 Å². The standard InChI is InChI=1S/C18H20FN5O2S/c1-11-8-13(26-15-4-3-7-24-14(15)5-6-20-24)9-23(11)10-16-17(19)22-18(27-16)21-12(2)25/h3-7,11,13H,8-10H2,1-2H3,(H,21,22,25)/t11-,13+/m0/s1. The van der Waals surface area contributed by atoms with Crippen molar-refractivity contribution in [1.29, 1.82) is 0 Å². The Morgan fingerprint density at radius 2 is 2.33 bits per heavy atom. The van der Waals surface area contributed by atoms with Gasteiger partial charge in [0.25, 0.3) is 0 Å². The lowest BCUT2D eigenvalue weighted by Crippen LogP contribution is -2.28. The average Bonchev–Trinajstić information content (AvgIpc) is 3.29. The fourth-order valence-electron chi connectivity index (χ4n) is 3.38. The summed E-state index contributed by atoms with van der Waals surface area (Å²) in [5.41, 5.74) is 0.928. The van der Waals surface area contributed by atoms with Crippen molar-refractivity contribution < 1.29 is 13.9 Å². The molecule has 3 aromatic heterocycles. The fourth-order valence-corrected chi connectivity index (χ4v) is 4.29. The Balaban J connectivity index is 1.43. The minimum Gasteiger partial charge on any atom is -0.487 e. The number of ether oxygens (including phenoxy) is 1. The Labute approximate surface area is 159 Å². The van der Waals surface area contributed by atoms with Crippen molar-refractivity contribution in [3.05, 3.63) is 41.4 Å². The second kappa shape index (κ2) is 7.24. The highest BCUT2D eigenvalue weighted by atomic mass is 32.1. The van der Waals surface area contributed by atoms with Gasteiger partial charge in [-0.2, -0.15) is 14.5 Å². The summed E-state index contributed by atoms with van der Waals surface area (Å²) in [5.74, 6) is 0.0164. The number of hydrogen-bond donors (Lipinski definition) is 1. The maximum atomic E-state index is 14.1. The molecule has 4 heterocycles. The highest BCUT2D eigenvalue weighted by Gasteiger charge is 2.32. The lowest BCUT2D eigenvalue weighted by molar-refractivity contribution is -0.114. The highest BCUT2D eigenvalue weighted by molar-refractivity contribution is 7.15. The summed E-state index contributed by atoms with van der Waals surface area (Å²) in [7, 11) is 0. The van der Waals surface area contributed by atoms with E-state index >= 15 is 0 Å². The Morgan fingerprint density at radius 3 is 3.15 bits per heavy atom. The van der Waals surface area contributed by atoms with E-state index < -0.39 is 5.95 Å². The molecule has 3 aromatic rings. The molecule has 1 aliphatic rings. The van der Waals surface area contributed by atoms with Crippen LogP contribution in [0.5, 0.6) is 5.75 Å². The van der Waals surface area contributed by atoms with E-state index in [2.05, 4.69) is 27.2 Å². The molecule has 142 valence electrons. The maximum absolute atomic E-state index is 14.1. The molecule has 7 nitrogen and oxygen atoms in total. The molecular weight excluding hydrogens is 369 g/mol. The molecule has 1 saturated heterocycles. The number of carbonyl (C=O) groups excluding carboxylic acids is 1. The third-order valence-electron chi connectivity index (χ3n) is 4.64. The van der Waals surface area contributed by atoms with E-state index in [0.29, 0.717) is 23.1 Å². The number of rotatable bonds is 5. The number of thiazole rings is 1. The number of likely N-dealkylation sites (tertiary alicyclic amines) is 1. The molecule has 27 heavy (non-hydrogen) atoms. The van der Waals surface area contributed by atoms with Crippen LogP contribution in [0.1, 0.15) is 25.1 Å². The van der Waals surface area contributed by atoms with Gasteiger partial charge >= 0.3 is 0 Å². The second-order valence-corrected chi connectivity index (χ2v) is 7.79. The number of halogens is 1. The third-order valence-corrected chi connectivity index (χ3v) is 5.57. The molecule has 0 unspecified atom stereocenters. The Kier molecular flexibility index (Phi) is 4.79. The number of hydrogen-bond acceptors (Lipinski definition) is 6. The van der Waals surface area contributed by atoms with Crippen LogP contribution in [0.4, 0.5) is 9.52 Å². The number of nitrogens with one attached hydrogen (secondary N) is 1. The zero-order valence-electron chi connectivity index (χ0n) is 15.1. The first kappa shape index (κ1) is 17.9. The monoisotopic (exact) mass is 389 g/mol. The van der Waals surface area contributed by atoms with Crippen LogP contribution in [0.2, 0.25) is 0 Å². The van der Waals surface area contributed by atoms with Gasteiger partial charge in [0.2, 0.25) is 11.9 Å². The number of carbonyl (C=O) groups is 1. The molecule has 0 spiro atoms. The van der Waals surface area contributed by atoms with Gasteiger partial charge in [-0.3, -0.25) is 9.69 Å². The van der Waals surface area contributed by atoms with Crippen molar-refractivity contribution in [1.82, 2.24) is 19.5 Å². The molecule has 0 aromatic carbocycles. The second-order valence-electron chi connectivity index (χ2n) is 6.70. The van der Waals surface area contributed by atoms with Crippen molar-refractivity contribution in [3.63, 3.8) is 0 Å². The number of fused-ring (bicyclic) bond motifs is 1. The van der Waals surface area contributed by atoms with Crippen LogP contribution >= 0.6 is 11.3 Å². The van der Waals surface area contributed by atoms with E-state index in [4.69, 9.17) is 4.74 Å². The first-order chi connectivity index (χ1) is 13.0. The smallest absolute Gasteiger partial charge is 0.230 e. The van der Waals surface area contributed by atoms with Gasteiger partial charge in [-0.15, -0.1) is 0 Å². The summed E-state index contributed by atoms with van der Waals surface area (Å²) in [6.45, 7) is 4.63. The molecule has 0 saturated carbocycles. The van der Waals surface area contributed by atoms with E-state index in [1.807, 2.05) is 24.4 Å². The molecule has 1 N–H and O–H groups in total. The SMILES string of the molecule is CC(=O)Nc1nc(F)c(CN2C[C@H](Oc3cccn4nccc34)C[C@@H]2C)s1. The van der Waals surface area contributed by atoms with Gasteiger partial charge in [0.1, 0.15) is 17.4 Å². The van der Waals surface area contributed by atoms with Crippen LogP contribution in [0.15, 0.2) is 30.6 Å². The lowest BCUT2D eigenvalue weighted by Gasteiger charge is -2.19. The molecule has 2 atom stereocenters. The zero-order chi connectivity index (χ0) is 19.0. The van der Waals surface area contributed by atoms with Gasteiger partial charge < -0.3 is 10.1 Å². The molecule has 0 radical (unpaired) electrons. The van der Waals surface area contributed by atoms with Gasteiger partial charge in [-0.1, -0.05) is 11.3 Å². The molecule has 9 heteroatoms. The van der Waals surface area contributed by atoms with Gasteiger partial charge in [0.15, 0.2) is 5.13 Å². The molecular formula is C18H20FN5O2S. The summed E-state index contributed by atoms with van der Waals surface area (Å²) >= 11 is 1.17. The van der Waals surface area contributed by atoms with E-state index in [0.717, 1.165) is 17.7 Å². The molecule has 1 aliphatic heterocycles. The Bertz CT molecular complexity index is 972. The summed E-state index contributed by atoms with van der Waals surface area (Å²) < 4.78 is 22.1. The highest BCUT2D eigenvalue weighted by Crippen LogP contribution is 2.29. The number of amides is 1. The normalized spacial score (nSPS) is 20.3. The van der Waals surface area contributed by atoms with Crippen LogP contribution in [0, 0.1) is 5.95 Å². The van der Waals surface area contributed by atoms with Gasteiger partial charge in [-0.25, -0.2) is 4.52 Å². The number of aromatic nitrogens is 3. The first-order valence-corrected chi connectivity index (χ1v) is 9.57. The van der Waals surface area contributed by atoms with E-state index in [9.17, 15) is 9.18 Å². The molecule has 0 bridgehead atoms. The molecule has 4 rings (SSSR count). The summed E-state index contributed by atoms with van der Waals surface area (Å²) in [4.78, 5) is 17.6. The topological polar surface area (TPSA) is 71.8 Å². The van der Waals surface area contributed by atoms with E-state index in [1.54, 1.807) is 10.7 Å². The Hall–Kier alpha value is -2.52. The quantitative estimate of drug-likeness (QED) is 0.726. The number of nitrogens with zero attached hydrogens (tertiary/aromatic N) is 4. The average molecular weight is 389 g/mol. The largest absolute Gasteiger partial charge is 0.487 e. The fraction of sp³-hybridized carbons (Fsp3) is 0.389. The van der Waals surface area contributed by atoms with Crippen molar-refractivity contribution in [2.45, 2.75) is 39.0 Å². The van der Waals surface area contributed by atoms with E-state index in [-0.39, 0.29) is 18.1 Å². The molecule has 0 aliphatic carbocycles. The van der Waals surface area contributed by atoms with Crippen molar-refractivity contribution in [2.24, 2.45) is 0 Å². The Morgan fingerprint density at radius 1 is 1.48 bits per heavy atom. The predicted octanol–water partition coefficient (Wildman–Crippen LogP) is 2.93. The molecule has 1 fully saturated rings. The van der Waals surface area contributed by atoms with Gasteiger partial charge in [0.05, 0.1) is 11.1 Å². The minimum absolute atomic E-state index is 0.0203. The number of anilines is 1. The van der Waals surface area contributed by atoms with Crippen molar-refractivity contribution >= 4 is 27.9 Å². The van der Waals surface area contributed by atoms with Gasteiger partial charge in [0, 0.05) is 38.7 Å². The zero-order valence-corrected chi connectivity index (χ0v) is 15.9. The third kappa shape index (κ3) is 3.79. The maximum Gasteiger partial charge on any atom is 0.230 e. The van der Waals surface area contributed by atoms with Crippen molar-refractivity contribution in [2.75, 3.05) is 11.9 Å². The number of pyridine rings is 1. The first-order valence-electron chi connectivity index (χ1n) is 8.75.